The van der Waals surface area contributed by atoms with Crippen molar-refractivity contribution in [2.75, 3.05) is 7.05 Å². The molecule has 0 aliphatic heterocycles. The van der Waals surface area contributed by atoms with Gasteiger partial charge in [-0.25, -0.2) is 17.8 Å². The number of nitrogens with zero attached hydrogens (tertiary/aromatic N) is 3. The first-order valence-electron chi connectivity index (χ1n) is 6.47. The largest absolute Gasteiger partial charge is 0.245 e. The minimum absolute atomic E-state index is 0.0983. The normalized spacial score (nSPS) is 11.6. The van der Waals surface area contributed by atoms with E-state index in [1.807, 2.05) is 6.92 Å². The summed E-state index contributed by atoms with van der Waals surface area (Å²) in [7, 11) is -2.48. The van der Waals surface area contributed by atoms with Gasteiger partial charge in [-0.2, -0.15) is 9.57 Å². The summed E-state index contributed by atoms with van der Waals surface area (Å²) in [6.45, 7) is 2.07. The molecule has 0 saturated carbocycles. The summed E-state index contributed by atoms with van der Waals surface area (Å²) in [4.78, 5) is 4.12. The SMILES string of the molecule is CCc1nc(CN(C)S(=O)(=O)c2ccc(F)cc2C#N)cs1. The lowest BCUT2D eigenvalue weighted by atomic mass is 10.2. The van der Waals surface area contributed by atoms with Gasteiger partial charge in [-0.1, -0.05) is 6.92 Å². The molecular weight excluding hydrogens is 325 g/mol. The number of aryl methyl sites for hydroxylation is 1. The van der Waals surface area contributed by atoms with Gasteiger partial charge < -0.3 is 0 Å². The van der Waals surface area contributed by atoms with Crippen LogP contribution >= 0.6 is 11.3 Å². The van der Waals surface area contributed by atoms with Crippen LogP contribution in [0, 0.1) is 17.1 Å². The Morgan fingerprint density at radius 3 is 2.77 bits per heavy atom. The molecule has 0 bridgehead atoms. The number of benzene rings is 1. The first-order chi connectivity index (χ1) is 10.4. The average molecular weight is 339 g/mol. The van der Waals surface area contributed by atoms with Crippen LogP contribution in [0.25, 0.3) is 0 Å². The minimum atomic E-state index is -3.89. The van der Waals surface area contributed by atoms with Crippen molar-refractivity contribution in [3.05, 3.63) is 45.7 Å². The van der Waals surface area contributed by atoms with E-state index in [-0.39, 0.29) is 17.0 Å². The standard InChI is InChI=1S/C14H14FN3O2S2/c1-3-14-17-12(9-21-14)8-18(2)22(19,20)13-5-4-11(15)6-10(13)7-16/h4-6,9H,3,8H2,1-2H3. The molecule has 0 spiro atoms. The van der Waals surface area contributed by atoms with Gasteiger partial charge in [0.2, 0.25) is 10.0 Å². The molecule has 5 nitrogen and oxygen atoms in total. The first kappa shape index (κ1) is 16.5. The number of hydrogen-bond acceptors (Lipinski definition) is 5. The Kier molecular flexibility index (Phi) is 4.90. The summed E-state index contributed by atoms with van der Waals surface area (Å²) >= 11 is 1.47. The van der Waals surface area contributed by atoms with Crippen molar-refractivity contribution in [2.24, 2.45) is 0 Å². The van der Waals surface area contributed by atoms with Crippen LogP contribution in [-0.2, 0) is 23.0 Å². The van der Waals surface area contributed by atoms with Crippen molar-refractivity contribution in [3.8, 4) is 6.07 Å². The van der Waals surface area contributed by atoms with Gasteiger partial charge in [-0.05, 0) is 24.6 Å². The van der Waals surface area contributed by atoms with Crippen LogP contribution in [-0.4, -0.2) is 24.8 Å². The number of hydrogen-bond donors (Lipinski definition) is 0. The monoisotopic (exact) mass is 339 g/mol. The summed E-state index contributed by atoms with van der Waals surface area (Å²) in [5, 5.41) is 11.7. The Morgan fingerprint density at radius 2 is 2.18 bits per heavy atom. The molecule has 22 heavy (non-hydrogen) atoms. The molecule has 8 heteroatoms. The quantitative estimate of drug-likeness (QED) is 0.839. The lowest BCUT2D eigenvalue weighted by molar-refractivity contribution is 0.462. The Hall–Kier alpha value is -1.82. The predicted octanol–water partition coefficient (Wildman–Crippen LogP) is 2.54. The second kappa shape index (κ2) is 6.52. The lowest BCUT2D eigenvalue weighted by Gasteiger charge is -2.16. The Balaban J connectivity index is 2.32. The van der Waals surface area contributed by atoms with Crippen molar-refractivity contribution in [2.45, 2.75) is 24.8 Å². The first-order valence-corrected chi connectivity index (χ1v) is 8.79. The molecule has 2 rings (SSSR count). The number of aromatic nitrogens is 1. The number of rotatable bonds is 5. The van der Waals surface area contributed by atoms with Gasteiger partial charge in [0.1, 0.15) is 16.8 Å². The fourth-order valence-electron chi connectivity index (χ4n) is 1.88. The molecule has 0 aliphatic rings. The zero-order chi connectivity index (χ0) is 16.3. The zero-order valence-electron chi connectivity index (χ0n) is 12.1. The molecule has 0 saturated heterocycles. The van der Waals surface area contributed by atoms with E-state index < -0.39 is 15.8 Å². The van der Waals surface area contributed by atoms with Gasteiger partial charge >= 0.3 is 0 Å². The van der Waals surface area contributed by atoms with Crippen LogP contribution in [0.5, 0.6) is 0 Å². The maximum atomic E-state index is 13.1. The molecule has 0 fully saturated rings. The topological polar surface area (TPSA) is 74.1 Å². The van der Waals surface area contributed by atoms with E-state index in [1.165, 1.54) is 18.4 Å². The average Bonchev–Trinajstić information content (AvgIpc) is 2.94. The number of halogens is 1. The van der Waals surface area contributed by atoms with E-state index in [9.17, 15) is 12.8 Å². The second-order valence-corrected chi connectivity index (χ2v) is 7.56. The molecular formula is C14H14FN3O2S2. The van der Waals surface area contributed by atoms with E-state index >= 15 is 0 Å². The summed E-state index contributed by atoms with van der Waals surface area (Å²) < 4.78 is 39.3. The van der Waals surface area contributed by atoms with Crippen molar-refractivity contribution in [3.63, 3.8) is 0 Å². The molecule has 2 aromatic rings. The maximum Gasteiger partial charge on any atom is 0.244 e. The van der Waals surface area contributed by atoms with Crippen molar-refractivity contribution in [1.82, 2.24) is 9.29 Å². The van der Waals surface area contributed by atoms with Gasteiger partial charge in [0, 0.05) is 12.4 Å². The van der Waals surface area contributed by atoms with Gasteiger partial charge in [-0.15, -0.1) is 11.3 Å². The highest BCUT2D eigenvalue weighted by atomic mass is 32.2. The van der Waals surface area contributed by atoms with Gasteiger partial charge in [0.25, 0.3) is 0 Å². The van der Waals surface area contributed by atoms with E-state index in [0.29, 0.717) is 5.69 Å². The van der Waals surface area contributed by atoms with Crippen LogP contribution in [0.3, 0.4) is 0 Å². The number of thiazole rings is 1. The van der Waals surface area contributed by atoms with Crippen LogP contribution in [0.15, 0.2) is 28.5 Å². The van der Waals surface area contributed by atoms with E-state index in [1.54, 1.807) is 11.4 Å². The number of nitriles is 1. The fourth-order valence-corrected chi connectivity index (χ4v) is 3.88. The molecule has 1 aromatic carbocycles. The molecule has 1 heterocycles. The summed E-state index contributed by atoms with van der Waals surface area (Å²) in [6.07, 6.45) is 0.789. The van der Waals surface area contributed by atoms with Crippen LogP contribution < -0.4 is 0 Å². The summed E-state index contributed by atoms with van der Waals surface area (Å²) in [5.74, 6) is -0.648. The van der Waals surface area contributed by atoms with Crippen LogP contribution in [0.4, 0.5) is 4.39 Å². The summed E-state index contributed by atoms with van der Waals surface area (Å²) in [5.41, 5.74) is 0.438. The maximum absolute atomic E-state index is 13.1. The minimum Gasteiger partial charge on any atom is -0.245 e. The fraction of sp³-hybridized carbons (Fsp3) is 0.286. The highest BCUT2D eigenvalue weighted by Crippen LogP contribution is 2.22. The third kappa shape index (κ3) is 3.32. The molecule has 0 amide bonds. The lowest BCUT2D eigenvalue weighted by Crippen LogP contribution is -2.27. The van der Waals surface area contributed by atoms with Crippen LogP contribution in [0.1, 0.15) is 23.2 Å². The van der Waals surface area contributed by atoms with Gasteiger partial charge in [0.05, 0.1) is 22.8 Å². The van der Waals surface area contributed by atoms with E-state index in [2.05, 4.69) is 4.98 Å². The second-order valence-electron chi connectivity index (χ2n) is 4.60. The van der Waals surface area contributed by atoms with Gasteiger partial charge in [-0.3, -0.25) is 0 Å². The predicted molar refractivity (Wildman–Crippen MR) is 81.3 cm³/mol. The summed E-state index contributed by atoms with van der Waals surface area (Å²) in [6, 6.07) is 4.77. The van der Waals surface area contributed by atoms with Crippen LogP contribution in [0.2, 0.25) is 0 Å². The van der Waals surface area contributed by atoms with Gasteiger partial charge in [0.15, 0.2) is 0 Å². The molecule has 0 unspecified atom stereocenters. The highest BCUT2D eigenvalue weighted by molar-refractivity contribution is 7.89. The smallest absolute Gasteiger partial charge is 0.244 e. The molecule has 0 atom stereocenters. The molecule has 1 aromatic heterocycles. The Bertz CT molecular complexity index is 825. The molecule has 0 aliphatic carbocycles. The van der Waals surface area contributed by atoms with Crippen molar-refractivity contribution < 1.29 is 12.8 Å². The molecule has 116 valence electrons. The highest BCUT2D eigenvalue weighted by Gasteiger charge is 2.25. The third-order valence-electron chi connectivity index (χ3n) is 3.04. The van der Waals surface area contributed by atoms with Crippen molar-refractivity contribution >= 4 is 21.4 Å². The Morgan fingerprint density at radius 1 is 1.45 bits per heavy atom. The zero-order valence-corrected chi connectivity index (χ0v) is 13.7. The Labute approximate surface area is 132 Å². The third-order valence-corrected chi connectivity index (χ3v) is 5.94. The van der Waals surface area contributed by atoms with Crippen molar-refractivity contribution in [1.29, 1.82) is 5.26 Å². The number of sulfonamides is 1. The molecule has 0 radical (unpaired) electrons. The molecule has 0 N–H and O–H groups in total. The van der Waals surface area contributed by atoms with E-state index in [4.69, 9.17) is 5.26 Å². The van der Waals surface area contributed by atoms with E-state index in [0.717, 1.165) is 33.9 Å².